The highest BCUT2D eigenvalue weighted by Crippen LogP contribution is 2.42. The zero-order valence-corrected chi connectivity index (χ0v) is 11.1. The van der Waals surface area contributed by atoms with E-state index in [9.17, 15) is 9.90 Å². The molecule has 1 saturated carbocycles. The van der Waals surface area contributed by atoms with E-state index in [1.807, 2.05) is 25.1 Å². The van der Waals surface area contributed by atoms with Gasteiger partial charge in [-0.15, -0.1) is 0 Å². The molecule has 94 valence electrons. The zero-order valence-electron chi connectivity index (χ0n) is 10.3. The van der Waals surface area contributed by atoms with Gasteiger partial charge in [0.15, 0.2) is 0 Å². The third-order valence-corrected chi connectivity index (χ3v) is 4.97. The predicted molar refractivity (Wildman–Crippen MR) is 72.1 cm³/mol. The van der Waals surface area contributed by atoms with Crippen molar-refractivity contribution >= 4 is 27.6 Å². The maximum absolute atomic E-state index is 11.7. The molecule has 0 saturated heterocycles. The molecule has 0 unspecified atom stereocenters. The van der Waals surface area contributed by atoms with Crippen molar-refractivity contribution in [2.24, 2.45) is 0 Å². The molecule has 0 bridgehead atoms. The van der Waals surface area contributed by atoms with E-state index in [-0.39, 0.29) is 0 Å². The Morgan fingerprint density at radius 2 is 2.11 bits per heavy atom. The van der Waals surface area contributed by atoms with Crippen LogP contribution in [-0.4, -0.2) is 15.4 Å². The summed E-state index contributed by atoms with van der Waals surface area (Å²) >= 11 is 1.45. The van der Waals surface area contributed by atoms with E-state index in [4.69, 9.17) is 0 Å². The van der Waals surface area contributed by atoms with E-state index in [1.54, 1.807) is 0 Å². The van der Waals surface area contributed by atoms with Crippen molar-refractivity contribution < 1.29 is 9.90 Å². The molecule has 0 atom stereocenters. The van der Waals surface area contributed by atoms with Crippen LogP contribution in [0.25, 0.3) is 10.1 Å². The molecule has 1 aromatic heterocycles. The Morgan fingerprint density at radius 3 is 2.78 bits per heavy atom. The molecule has 1 aliphatic rings. The Balaban J connectivity index is 2.15. The van der Waals surface area contributed by atoms with Gasteiger partial charge in [-0.2, -0.15) is 4.37 Å². The van der Waals surface area contributed by atoms with Crippen LogP contribution in [0.2, 0.25) is 0 Å². The lowest BCUT2D eigenvalue weighted by molar-refractivity contribution is -0.143. The summed E-state index contributed by atoms with van der Waals surface area (Å²) in [5.74, 6) is -0.680. The van der Waals surface area contributed by atoms with E-state index in [0.717, 1.165) is 47.0 Å². The molecule has 3 nitrogen and oxygen atoms in total. The summed E-state index contributed by atoms with van der Waals surface area (Å²) in [6.45, 7) is 1.99. The van der Waals surface area contributed by atoms with E-state index in [0.29, 0.717) is 0 Å². The highest BCUT2D eigenvalue weighted by molar-refractivity contribution is 7.13. The number of fused-ring (bicyclic) bond motifs is 1. The van der Waals surface area contributed by atoms with Crippen LogP contribution in [0.1, 0.15) is 36.9 Å². The first-order valence-electron chi connectivity index (χ1n) is 6.23. The molecule has 3 rings (SSSR count). The van der Waals surface area contributed by atoms with Gasteiger partial charge in [0.2, 0.25) is 0 Å². The summed E-state index contributed by atoms with van der Waals surface area (Å²) in [6, 6.07) is 6.02. The second-order valence-corrected chi connectivity index (χ2v) is 5.88. The molecule has 18 heavy (non-hydrogen) atoms. The number of carboxylic acids is 1. The van der Waals surface area contributed by atoms with Crippen molar-refractivity contribution in [3.63, 3.8) is 0 Å². The molecule has 0 spiro atoms. The van der Waals surface area contributed by atoms with Gasteiger partial charge >= 0.3 is 5.97 Å². The van der Waals surface area contributed by atoms with Crippen molar-refractivity contribution in [2.45, 2.75) is 38.0 Å². The van der Waals surface area contributed by atoms with Crippen LogP contribution in [0.5, 0.6) is 0 Å². The van der Waals surface area contributed by atoms with Gasteiger partial charge in [-0.05, 0) is 42.9 Å². The lowest BCUT2D eigenvalue weighted by Crippen LogP contribution is -2.32. The number of benzene rings is 1. The van der Waals surface area contributed by atoms with Crippen LogP contribution >= 0.6 is 11.5 Å². The number of aromatic nitrogens is 1. The summed E-state index contributed by atoms with van der Waals surface area (Å²) in [6.07, 6.45) is 3.52. The number of hydrogen-bond acceptors (Lipinski definition) is 3. The third-order valence-electron chi connectivity index (χ3n) is 4.07. The Kier molecular flexibility index (Phi) is 2.63. The van der Waals surface area contributed by atoms with Gasteiger partial charge in [0.05, 0.1) is 15.8 Å². The summed E-state index contributed by atoms with van der Waals surface area (Å²) < 4.78 is 5.42. The average molecular weight is 261 g/mol. The van der Waals surface area contributed by atoms with Crippen LogP contribution < -0.4 is 0 Å². The van der Waals surface area contributed by atoms with Crippen molar-refractivity contribution in [3.8, 4) is 0 Å². The SMILES string of the molecule is Cc1nsc2cc(C3(C(=O)O)CCCC3)ccc12. The van der Waals surface area contributed by atoms with Crippen molar-refractivity contribution in [3.05, 3.63) is 29.5 Å². The fraction of sp³-hybridized carbons (Fsp3) is 0.429. The van der Waals surface area contributed by atoms with E-state index in [1.165, 1.54) is 11.5 Å². The van der Waals surface area contributed by atoms with Gasteiger partial charge in [-0.3, -0.25) is 4.79 Å². The predicted octanol–water partition coefficient (Wildman–Crippen LogP) is 3.50. The Hall–Kier alpha value is -1.42. The Labute approximate surface area is 110 Å². The van der Waals surface area contributed by atoms with Crippen LogP contribution in [0.4, 0.5) is 0 Å². The fourth-order valence-corrected chi connectivity index (χ4v) is 3.79. The summed E-state index contributed by atoms with van der Waals surface area (Å²) in [5.41, 5.74) is 1.31. The van der Waals surface area contributed by atoms with Gasteiger partial charge in [0.25, 0.3) is 0 Å². The van der Waals surface area contributed by atoms with Crippen molar-refractivity contribution in [2.75, 3.05) is 0 Å². The molecule has 1 aromatic carbocycles. The topological polar surface area (TPSA) is 50.2 Å². The first-order chi connectivity index (χ1) is 8.63. The zero-order chi connectivity index (χ0) is 12.8. The standard InChI is InChI=1S/C14H15NO2S/c1-9-11-5-4-10(8-12(11)18-15-9)14(13(16)17)6-2-3-7-14/h4-5,8H,2-3,6-7H2,1H3,(H,16,17). The third kappa shape index (κ3) is 1.56. The van der Waals surface area contributed by atoms with Gasteiger partial charge < -0.3 is 5.11 Å². The normalized spacial score (nSPS) is 18.3. The van der Waals surface area contributed by atoms with Gasteiger partial charge in [-0.1, -0.05) is 25.0 Å². The lowest BCUT2D eigenvalue weighted by Gasteiger charge is -2.24. The molecule has 0 amide bonds. The number of aryl methyl sites for hydroxylation is 1. The monoisotopic (exact) mass is 261 g/mol. The molecule has 2 aromatic rings. The number of hydrogen-bond donors (Lipinski definition) is 1. The summed E-state index contributed by atoms with van der Waals surface area (Å²) in [4.78, 5) is 11.7. The number of nitrogens with zero attached hydrogens (tertiary/aromatic N) is 1. The molecule has 1 heterocycles. The fourth-order valence-electron chi connectivity index (χ4n) is 2.97. The lowest BCUT2D eigenvalue weighted by atomic mass is 9.79. The summed E-state index contributed by atoms with van der Waals surface area (Å²) in [7, 11) is 0. The highest BCUT2D eigenvalue weighted by Gasteiger charge is 2.42. The van der Waals surface area contributed by atoms with E-state index >= 15 is 0 Å². The van der Waals surface area contributed by atoms with Crippen LogP contribution in [-0.2, 0) is 10.2 Å². The highest BCUT2D eigenvalue weighted by atomic mass is 32.1. The smallest absolute Gasteiger partial charge is 0.314 e. The van der Waals surface area contributed by atoms with Crippen LogP contribution in [0.15, 0.2) is 18.2 Å². The first kappa shape index (κ1) is 11.7. The molecule has 0 radical (unpaired) electrons. The van der Waals surface area contributed by atoms with Gasteiger partial charge in [0, 0.05) is 5.39 Å². The number of carbonyl (C=O) groups is 1. The second-order valence-electron chi connectivity index (χ2n) is 5.07. The van der Waals surface area contributed by atoms with Gasteiger partial charge in [0.1, 0.15) is 0 Å². The first-order valence-corrected chi connectivity index (χ1v) is 7.01. The average Bonchev–Trinajstić information content (AvgIpc) is 2.97. The maximum Gasteiger partial charge on any atom is 0.314 e. The maximum atomic E-state index is 11.7. The quantitative estimate of drug-likeness (QED) is 0.900. The van der Waals surface area contributed by atoms with E-state index < -0.39 is 11.4 Å². The molecule has 1 aliphatic carbocycles. The largest absolute Gasteiger partial charge is 0.481 e. The number of aliphatic carboxylic acids is 1. The number of rotatable bonds is 2. The number of carboxylic acid groups (broad SMARTS) is 1. The molecular weight excluding hydrogens is 246 g/mol. The van der Waals surface area contributed by atoms with Gasteiger partial charge in [-0.25, -0.2) is 0 Å². The van der Waals surface area contributed by atoms with Crippen LogP contribution in [0, 0.1) is 6.92 Å². The minimum absolute atomic E-state index is 0.661. The Morgan fingerprint density at radius 1 is 1.39 bits per heavy atom. The van der Waals surface area contributed by atoms with Crippen LogP contribution in [0.3, 0.4) is 0 Å². The molecule has 1 N–H and O–H groups in total. The van der Waals surface area contributed by atoms with E-state index in [2.05, 4.69) is 4.37 Å². The molecule has 4 heteroatoms. The van der Waals surface area contributed by atoms with Crippen molar-refractivity contribution in [1.29, 1.82) is 0 Å². The molecule has 0 aliphatic heterocycles. The minimum atomic E-state index is -0.680. The molecule has 1 fully saturated rings. The minimum Gasteiger partial charge on any atom is -0.481 e. The Bertz CT molecular complexity index is 611. The second kappa shape index (κ2) is 4.05. The molecular formula is C14H15NO2S. The van der Waals surface area contributed by atoms with Crippen molar-refractivity contribution in [1.82, 2.24) is 4.37 Å². The summed E-state index contributed by atoms with van der Waals surface area (Å²) in [5, 5.41) is 10.7.